The molecule has 1 aromatic carbocycles. The van der Waals surface area contributed by atoms with Crippen LogP contribution >= 0.6 is 11.6 Å². The van der Waals surface area contributed by atoms with Crippen LogP contribution in [0.3, 0.4) is 0 Å². The molecule has 0 bridgehead atoms. The predicted octanol–water partition coefficient (Wildman–Crippen LogP) is 0.215. The third-order valence-corrected chi connectivity index (χ3v) is 6.04. The molecule has 0 saturated carbocycles. The Balaban J connectivity index is 0.00000341. The van der Waals surface area contributed by atoms with Gasteiger partial charge in [0.05, 0.1) is 10.6 Å². The first-order valence-corrected chi connectivity index (χ1v) is 10.9. The van der Waals surface area contributed by atoms with Crippen LogP contribution in [0.4, 0.5) is 0 Å². The van der Waals surface area contributed by atoms with Gasteiger partial charge in [-0.1, -0.05) is 50.3 Å². The zero-order valence-corrected chi connectivity index (χ0v) is 21.2. The second kappa shape index (κ2) is 9.71. The molecule has 0 saturated heterocycles. The van der Waals surface area contributed by atoms with E-state index < -0.39 is 15.8 Å². The third kappa shape index (κ3) is 6.08. The molecule has 9 heteroatoms. The van der Waals surface area contributed by atoms with E-state index in [9.17, 15) is 18.7 Å². The number of benzene rings is 1. The molecule has 31 heavy (non-hydrogen) atoms. The van der Waals surface area contributed by atoms with Crippen LogP contribution in [0, 0.1) is 5.21 Å². The van der Waals surface area contributed by atoms with Gasteiger partial charge in [0, 0.05) is 17.2 Å². The van der Waals surface area contributed by atoms with Crippen molar-refractivity contribution in [1.29, 1.82) is 0 Å². The summed E-state index contributed by atoms with van der Waals surface area (Å²) < 4.78 is 30.1. The molecule has 0 spiro atoms. The third-order valence-electron chi connectivity index (χ3n) is 4.50. The van der Waals surface area contributed by atoms with Crippen LogP contribution in [0.2, 0.25) is 0 Å². The molecule has 2 aromatic rings. The molecule has 6 nitrogen and oxygen atoms in total. The Hall–Kier alpha value is -1.90. The number of allylic oxidation sites excluding steroid dienone is 5. The summed E-state index contributed by atoms with van der Waals surface area (Å²) in [4.78, 5) is 0.0240. The van der Waals surface area contributed by atoms with Crippen molar-refractivity contribution in [2.24, 2.45) is 4.40 Å². The maximum atomic E-state index is 12.9. The van der Waals surface area contributed by atoms with E-state index in [1.165, 1.54) is 54.9 Å². The normalized spacial score (nSPS) is 17.2. The van der Waals surface area contributed by atoms with Gasteiger partial charge < -0.3 is 10.3 Å². The van der Waals surface area contributed by atoms with E-state index in [-0.39, 0.29) is 61.7 Å². The first-order chi connectivity index (χ1) is 14.0. The summed E-state index contributed by atoms with van der Waals surface area (Å²) in [6, 6.07) is 9.19. The molecule has 0 fully saturated rings. The summed E-state index contributed by atoms with van der Waals surface area (Å²) >= 11 is 6.02. The van der Waals surface area contributed by atoms with Crippen LogP contribution in [0.5, 0.6) is 0 Å². The second-order valence-corrected chi connectivity index (χ2v) is 9.82. The Morgan fingerprint density at radius 3 is 2.16 bits per heavy atom. The predicted molar refractivity (Wildman–Crippen MR) is 115 cm³/mol. The number of rotatable bonds is 3. The Kier molecular flexibility index (Phi) is 7.94. The standard InChI is InChI=1S/C22H21ClN2O4S.Na/c1-22(2,3)16-4-7-18(8-5-16)30(28,29)24-20-9-6-17(23)14-19(20)21(26)15-10-12-25(27)13-11-15;/h4-14,26H,1-3H3;/q;+1/p-1/b21-19-,24-20?;. The van der Waals surface area contributed by atoms with Crippen molar-refractivity contribution in [3.05, 3.63) is 94.0 Å². The van der Waals surface area contributed by atoms with Crippen LogP contribution in [0.15, 0.2) is 86.9 Å². The summed E-state index contributed by atoms with van der Waals surface area (Å²) in [6.45, 7) is 6.10. The van der Waals surface area contributed by atoms with Crippen LogP contribution in [0.1, 0.15) is 31.9 Å². The summed E-state index contributed by atoms with van der Waals surface area (Å²) in [5, 5.41) is 24.4. The molecule has 0 N–H and O–H groups in total. The summed E-state index contributed by atoms with van der Waals surface area (Å²) in [6.07, 6.45) is 6.57. The number of pyridine rings is 1. The van der Waals surface area contributed by atoms with Crippen molar-refractivity contribution in [2.75, 3.05) is 0 Å². The number of nitrogens with zero attached hydrogens (tertiary/aromatic N) is 2. The number of hydrogen-bond donors (Lipinski definition) is 0. The molecular weight excluding hydrogens is 447 g/mol. The van der Waals surface area contributed by atoms with E-state index in [0.717, 1.165) is 5.56 Å². The Labute approximate surface area is 209 Å². The average Bonchev–Trinajstić information content (AvgIpc) is 2.69. The number of halogens is 1. The van der Waals surface area contributed by atoms with Crippen molar-refractivity contribution < 1.29 is 47.8 Å². The molecular formula is C22H20ClN2NaO4S. The molecule has 3 rings (SSSR count). The number of sulfonamides is 1. The zero-order valence-electron chi connectivity index (χ0n) is 17.7. The first-order valence-electron chi connectivity index (χ1n) is 9.09. The van der Waals surface area contributed by atoms with Crippen molar-refractivity contribution >= 4 is 33.1 Å². The van der Waals surface area contributed by atoms with E-state index in [1.54, 1.807) is 12.1 Å². The summed E-state index contributed by atoms with van der Waals surface area (Å²) in [5.74, 6) is -0.491. The minimum Gasteiger partial charge on any atom is -0.872 e. The molecule has 1 aliphatic rings. The van der Waals surface area contributed by atoms with Gasteiger partial charge in [-0.05, 0) is 52.5 Å². The minimum atomic E-state index is -4.06. The van der Waals surface area contributed by atoms with Crippen molar-refractivity contribution in [1.82, 2.24) is 0 Å². The van der Waals surface area contributed by atoms with Crippen LogP contribution in [-0.2, 0) is 15.4 Å². The molecule has 0 atom stereocenters. The van der Waals surface area contributed by atoms with E-state index in [4.69, 9.17) is 11.6 Å². The van der Waals surface area contributed by atoms with Gasteiger partial charge in [-0.3, -0.25) is 0 Å². The zero-order chi connectivity index (χ0) is 22.1. The fraction of sp³-hybridized carbons (Fsp3) is 0.182. The van der Waals surface area contributed by atoms with Gasteiger partial charge in [0.2, 0.25) is 0 Å². The van der Waals surface area contributed by atoms with Gasteiger partial charge in [0.15, 0.2) is 12.4 Å². The van der Waals surface area contributed by atoms with Gasteiger partial charge in [-0.15, -0.1) is 0 Å². The fourth-order valence-corrected chi connectivity index (χ4v) is 3.97. The molecule has 0 amide bonds. The van der Waals surface area contributed by atoms with E-state index >= 15 is 0 Å². The Morgan fingerprint density at radius 2 is 1.61 bits per heavy atom. The number of aromatic nitrogens is 1. The van der Waals surface area contributed by atoms with Crippen molar-refractivity contribution in [2.45, 2.75) is 31.1 Å². The maximum Gasteiger partial charge on any atom is 1.00 e. The van der Waals surface area contributed by atoms with Crippen molar-refractivity contribution in [3.8, 4) is 0 Å². The smallest absolute Gasteiger partial charge is 0.872 e. The second-order valence-electron chi connectivity index (χ2n) is 7.78. The Morgan fingerprint density at radius 1 is 1.03 bits per heavy atom. The van der Waals surface area contributed by atoms with E-state index in [1.807, 2.05) is 20.8 Å². The van der Waals surface area contributed by atoms with E-state index in [2.05, 4.69) is 4.40 Å². The molecule has 1 heterocycles. The summed E-state index contributed by atoms with van der Waals surface area (Å²) in [5.41, 5.74) is 1.09. The van der Waals surface area contributed by atoms with Crippen LogP contribution in [-0.4, -0.2) is 14.1 Å². The topological polar surface area (TPSA) is 96.5 Å². The molecule has 0 radical (unpaired) electrons. The average molecular weight is 467 g/mol. The quantitative estimate of drug-likeness (QED) is 0.280. The van der Waals surface area contributed by atoms with Gasteiger partial charge in [-0.2, -0.15) is 17.5 Å². The largest absolute Gasteiger partial charge is 1.00 e. The molecule has 0 aliphatic heterocycles. The Bertz CT molecular complexity index is 1190. The monoisotopic (exact) mass is 466 g/mol. The molecule has 1 aliphatic carbocycles. The molecule has 156 valence electrons. The van der Waals surface area contributed by atoms with Gasteiger partial charge >= 0.3 is 29.6 Å². The minimum absolute atomic E-state index is 0. The van der Waals surface area contributed by atoms with Gasteiger partial charge in [0.1, 0.15) is 0 Å². The summed E-state index contributed by atoms with van der Waals surface area (Å²) in [7, 11) is -4.06. The van der Waals surface area contributed by atoms with Crippen LogP contribution < -0.4 is 39.4 Å². The van der Waals surface area contributed by atoms with Gasteiger partial charge in [0.25, 0.3) is 10.0 Å². The SMILES string of the molecule is CC(C)(C)c1ccc(S(=O)(=O)N=C2C=CC(Cl)=C/C2=C(/[O-])c2cc[n+]([O-])cc2)cc1.[Na+]. The fourth-order valence-electron chi connectivity index (χ4n) is 2.80. The first kappa shape index (κ1) is 25.4. The van der Waals surface area contributed by atoms with E-state index in [0.29, 0.717) is 4.73 Å². The maximum absolute atomic E-state index is 12.9. The van der Waals surface area contributed by atoms with Gasteiger partial charge in [-0.25, -0.2) is 0 Å². The number of hydrogen-bond acceptors (Lipinski definition) is 4. The van der Waals surface area contributed by atoms with Crippen LogP contribution in [0.25, 0.3) is 5.76 Å². The molecule has 1 aromatic heterocycles. The van der Waals surface area contributed by atoms with Crippen molar-refractivity contribution in [3.63, 3.8) is 0 Å². The molecule has 0 unspecified atom stereocenters.